The van der Waals surface area contributed by atoms with Crippen molar-refractivity contribution in [3.63, 3.8) is 0 Å². The second kappa shape index (κ2) is 8.70. The van der Waals surface area contributed by atoms with Gasteiger partial charge in [-0.1, -0.05) is 30.4 Å². The molecule has 0 saturated carbocycles. The van der Waals surface area contributed by atoms with E-state index in [2.05, 4.69) is 5.09 Å². The fraction of sp³-hybridized carbons (Fsp3) is 0.400. The molecule has 0 aliphatic rings. The predicted octanol–water partition coefficient (Wildman–Crippen LogP) is -0.469. The Morgan fingerprint density at radius 1 is 1.41 bits per heavy atom. The number of hydrogen-bond acceptors (Lipinski definition) is 3. The molecule has 0 aliphatic heterocycles. The van der Waals surface area contributed by atoms with E-state index in [9.17, 15) is 13.8 Å². The van der Waals surface area contributed by atoms with Crippen LogP contribution >= 0.6 is 18.1 Å². The van der Waals surface area contributed by atoms with Gasteiger partial charge >= 0.3 is 29.6 Å². The van der Waals surface area contributed by atoms with Crippen molar-refractivity contribution in [3.05, 3.63) is 35.6 Å². The molecular formula is C10H14FNNaO2PS. The van der Waals surface area contributed by atoms with Crippen LogP contribution in [0.15, 0.2) is 24.3 Å². The number of benzene rings is 1. The maximum atomic E-state index is 12.6. The zero-order valence-corrected chi connectivity index (χ0v) is 13.7. The zero-order chi connectivity index (χ0) is 12.0. The Labute approximate surface area is 127 Å². The molecular weight excluding hydrogens is 271 g/mol. The van der Waals surface area contributed by atoms with Crippen molar-refractivity contribution in [2.75, 3.05) is 5.75 Å². The van der Waals surface area contributed by atoms with E-state index in [4.69, 9.17) is 0 Å². The second-order valence-electron chi connectivity index (χ2n) is 3.29. The van der Waals surface area contributed by atoms with Crippen LogP contribution in [0.5, 0.6) is 0 Å². The van der Waals surface area contributed by atoms with Crippen LogP contribution in [-0.2, 0) is 11.1 Å². The molecule has 1 aromatic carbocycles. The van der Waals surface area contributed by atoms with Gasteiger partial charge in [0.1, 0.15) is 12.5 Å². The Hall–Kier alpha value is 0.650. The SMILES string of the molecule is CCCSP(=O)([O-])NCc1ccc(F)cc1.[Na+]. The topological polar surface area (TPSA) is 52.2 Å². The summed E-state index contributed by atoms with van der Waals surface area (Å²) in [6.07, 6.45) is 0.815. The molecule has 1 unspecified atom stereocenters. The van der Waals surface area contributed by atoms with Crippen molar-refractivity contribution >= 4 is 18.1 Å². The molecule has 7 heteroatoms. The molecule has 1 atom stereocenters. The summed E-state index contributed by atoms with van der Waals surface area (Å²) in [7, 11) is 0. The van der Waals surface area contributed by atoms with E-state index >= 15 is 0 Å². The first-order valence-corrected chi connectivity index (χ1v) is 8.20. The van der Waals surface area contributed by atoms with Gasteiger partial charge in [-0.3, -0.25) is 5.09 Å². The van der Waals surface area contributed by atoms with Crippen LogP contribution in [0.3, 0.4) is 0 Å². The van der Waals surface area contributed by atoms with Crippen LogP contribution in [0.25, 0.3) is 0 Å². The van der Waals surface area contributed by atoms with Crippen LogP contribution in [-0.4, -0.2) is 5.75 Å². The van der Waals surface area contributed by atoms with Gasteiger partial charge in [-0.2, -0.15) is 0 Å². The molecule has 0 aliphatic carbocycles. The van der Waals surface area contributed by atoms with E-state index in [1.165, 1.54) is 12.1 Å². The summed E-state index contributed by atoms with van der Waals surface area (Å²) in [5.41, 5.74) is 0.745. The van der Waals surface area contributed by atoms with Crippen LogP contribution in [0.1, 0.15) is 18.9 Å². The minimum absolute atomic E-state index is 0. The standard InChI is InChI=1S/C10H15FNO2PS.Na/c1-2-7-16-15(13,14)12-8-9-3-5-10(11)6-4-9;/h3-6H,2,7-8H2,1H3,(H2,12,13,14);/q;+1/p-1. The first-order valence-electron chi connectivity index (χ1n) is 4.98. The third-order valence-corrected chi connectivity index (χ3v) is 5.29. The van der Waals surface area contributed by atoms with Crippen molar-refractivity contribution in [2.45, 2.75) is 19.9 Å². The maximum Gasteiger partial charge on any atom is 1.00 e. The van der Waals surface area contributed by atoms with Crippen molar-refractivity contribution in [2.24, 2.45) is 0 Å². The summed E-state index contributed by atoms with van der Waals surface area (Å²) in [5, 5.41) is 2.47. The Bertz CT molecular complexity index is 377. The fourth-order valence-corrected chi connectivity index (χ4v) is 3.67. The van der Waals surface area contributed by atoms with Crippen molar-refractivity contribution in [1.82, 2.24) is 5.09 Å². The quantitative estimate of drug-likeness (QED) is 0.567. The second-order valence-corrected chi connectivity index (χ2v) is 7.49. The van der Waals surface area contributed by atoms with Gasteiger partial charge in [-0.25, -0.2) is 4.39 Å². The van der Waals surface area contributed by atoms with Gasteiger partial charge in [-0.05, 0) is 24.1 Å². The molecule has 1 rings (SSSR count). The minimum Gasteiger partial charge on any atom is -0.780 e. The molecule has 17 heavy (non-hydrogen) atoms. The molecule has 0 radical (unpaired) electrons. The summed E-state index contributed by atoms with van der Waals surface area (Å²) in [5.74, 6) is 0.256. The molecule has 0 amide bonds. The van der Waals surface area contributed by atoms with Gasteiger partial charge < -0.3 is 9.46 Å². The maximum absolute atomic E-state index is 12.6. The molecule has 0 heterocycles. The third-order valence-electron chi connectivity index (χ3n) is 1.86. The molecule has 0 bridgehead atoms. The van der Waals surface area contributed by atoms with Crippen molar-refractivity contribution in [1.29, 1.82) is 0 Å². The average Bonchev–Trinajstić information content (AvgIpc) is 2.26. The molecule has 3 nitrogen and oxygen atoms in total. The van der Waals surface area contributed by atoms with Crippen LogP contribution < -0.4 is 39.5 Å². The zero-order valence-electron chi connectivity index (χ0n) is 9.98. The van der Waals surface area contributed by atoms with Crippen molar-refractivity contribution in [3.8, 4) is 0 Å². The number of halogens is 1. The number of rotatable bonds is 6. The van der Waals surface area contributed by atoms with Crippen LogP contribution in [0.2, 0.25) is 0 Å². The molecule has 0 spiro atoms. The monoisotopic (exact) mass is 285 g/mol. The van der Waals surface area contributed by atoms with E-state index in [0.29, 0.717) is 5.75 Å². The largest absolute Gasteiger partial charge is 1.00 e. The summed E-state index contributed by atoms with van der Waals surface area (Å²) in [4.78, 5) is 11.4. The third kappa shape index (κ3) is 7.62. The summed E-state index contributed by atoms with van der Waals surface area (Å²) in [6.45, 7) is -1.43. The summed E-state index contributed by atoms with van der Waals surface area (Å²) < 4.78 is 24.0. The van der Waals surface area contributed by atoms with E-state index < -0.39 is 6.72 Å². The van der Waals surface area contributed by atoms with Gasteiger partial charge in [0, 0.05) is 12.3 Å². The smallest absolute Gasteiger partial charge is 0.780 e. The van der Waals surface area contributed by atoms with Gasteiger partial charge in [0.25, 0.3) is 0 Å². The van der Waals surface area contributed by atoms with Gasteiger partial charge in [0.05, 0.1) is 0 Å². The van der Waals surface area contributed by atoms with E-state index in [1.807, 2.05) is 6.92 Å². The molecule has 0 aromatic heterocycles. The fourth-order valence-electron chi connectivity index (χ4n) is 1.05. The summed E-state index contributed by atoms with van der Waals surface area (Å²) >= 11 is 0.916. The molecule has 1 N–H and O–H groups in total. The normalized spacial score (nSPS) is 13.8. The number of nitrogens with one attached hydrogen (secondary N) is 1. The average molecular weight is 285 g/mol. The molecule has 0 fully saturated rings. The van der Waals surface area contributed by atoms with Crippen molar-refractivity contribution < 1.29 is 43.4 Å². The van der Waals surface area contributed by atoms with Gasteiger partial charge in [0.15, 0.2) is 0 Å². The first-order chi connectivity index (χ1) is 7.53. The molecule has 1 aromatic rings. The predicted molar refractivity (Wildman–Crippen MR) is 63.6 cm³/mol. The first kappa shape index (κ1) is 17.6. The van der Waals surface area contributed by atoms with Crippen LogP contribution in [0, 0.1) is 5.82 Å². The Kier molecular flexibility index (Phi) is 9.03. The van der Waals surface area contributed by atoms with E-state index in [1.54, 1.807) is 12.1 Å². The van der Waals surface area contributed by atoms with E-state index in [-0.39, 0.29) is 41.9 Å². The Morgan fingerprint density at radius 2 is 2.00 bits per heavy atom. The van der Waals surface area contributed by atoms with Gasteiger partial charge in [0.2, 0.25) is 0 Å². The Morgan fingerprint density at radius 3 is 2.53 bits per heavy atom. The molecule has 90 valence electrons. The van der Waals surface area contributed by atoms with E-state index in [0.717, 1.165) is 23.4 Å². The van der Waals surface area contributed by atoms with Gasteiger partial charge in [-0.15, -0.1) is 0 Å². The minimum atomic E-state index is -3.56. The molecule has 0 saturated heterocycles. The van der Waals surface area contributed by atoms with Crippen LogP contribution in [0.4, 0.5) is 4.39 Å². The number of hydrogen-bond donors (Lipinski definition) is 1. The Balaban J connectivity index is 0.00000256. The summed E-state index contributed by atoms with van der Waals surface area (Å²) in [6, 6.07) is 5.75.